The number of hydrogen-bond acceptors (Lipinski definition) is 7. The summed E-state index contributed by atoms with van der Waals surface area (Å²) in [7, 11) is 0. The van der Waals surface area contributed by atoms with E-state index < -0.39 is 23.3 Å². The van der Waals surface area contributed by atoms with Crippen LogP contribution in [0.15, 0.2) is 71.5 Å². The Morgan fingerprint density at radius 3 is 2.51 bits per heavy atom. The predicted molar refractivity (Wildman–Crippen MR) is 136 cm³/mol. The Bertz CT molecular complexity index is 1380. The first-order chi connectivity index (χ1) is 17.9. The zero-order valence-electron chi connectivity index (χ0n) is 20.1. The SMILES string of the molecule is CCOC(=O)N1CC=C2C(C#N)=C(N)C(C#N)(C#N)C(c3ccccc3OCc3ccc(Cl)cc3)C2C1. The Kier molecular flexibility index (Phi) is 7.39. The lowest BCUT2D eigenvalue weighted by Gasteiger charge is -2.45. The summed E-state index contributed by atoms with van der Waals surface area (Å²) < 4.78 is 11.4. The minimum absolute atomic E-state index is 0.0930. The number of nitrogens with zero attached hydrogens (tertiary/aromatic N) is 4. The second-order valence-corrected chi connectivity index (χ2v) is 9.17. The lowest BCUT2D eigenvalue weighted by atomic mass is 9.58. The van der Waals surface area contributed by atoms with E-state index in [0.29, 0.717) is 21.9 Å². The van der Waals surface area contributed by atoms with E-state index in [0.717, 1.165) is 5.56 Å². The van der Waals surface area contributed by atoms with Crippen LogP contribution in [0.25, 0.3) is 0 Å². The number of halogens is 1. The summed E-state index contributed by atoms with van der Waals surface area (Å²) in [6.07, 6.45) is 1.24. The molecule has 186 valence electrons. The van der Waals surface area contributed by atoms with Crippen molar-refractivity contribution in [1.82, 2.24) is 4.90 Å². The fourth-order valence-corrected chi connectivity index (χ4v) is 5.12. The Hall–Kier alpha value is -4.45. The van der Waals surface area contributed by atoms with Crippen LogP contribution in [0.3, 0.4) is 0 Å². The van der Waals surface area contributed by atoms with Gasteiger partial charge >= 0.3 is 6.09 Å². The van der Waals surface area contributed by atoms with Gasteiger partial charge in [0.2, 0.25) is 0 Å². The molecule has 2 aromatic rings. The van der Waals surface area contributed by atoms with Crippen molar-refractivity contribution in [3.63, 3.8) is 0 Å². The van der Waals surface area contributed by atoms with E-state index in [1.807, 2.05) is 12.1 Å². The first-order valence-corrected chi connectivity index (χ1v) is 12.1. The molecule has 0 saturated carbocycles. The first kappa shape index (κ1) is 25.6. The van der Waals surface area contributed by atoms with Crippen LogP contribution in [0, 0.1) is 45.3 Å². The lowest BCUT2D eigenvalue weighted by molar-refractivity contribution is 0.0997. The number of hydrogen-bond donors (Lipinski definition) is 1. The summed E-state index contributed by atoms with van der Waals surface area (Å²) in [6.45, 7) is 2.51. The van der Waals surface area contributed by atoms with Gasteiger partial charge in [-0.1, -0.05) is 48.0 Å². The third-order valence-electron chi connectivity index (χ3n) is 6.75. The normalized spacial score (nSPS) is 20.0. The highest BCUT2D eigenvalue weighted by Gasteiger charge is 2.55. The zero-order valence-corrected chi connectivity index (χ0v) is 20.9. The van der Waals surface area contributed by atoms with Crippen LogP contribution in [0.5, 0.6) is 5.75 Å². The highest BCUT2D eigenvalue weighted by atomic mass is 35.5. The van der Waals surface area contributed by atoms with E-state index in [1.165, 1.54) is 4.90 Å². The van der Waals surface area contributed by atoms with Gasteiger partial charge in [0, 0.05) is 35.5 Å². The maximum Gasteiger partial charge on any atom is 0.410 e. The number of allylic oxidation sites excluding steroid dienone is 2. The Balaban J connectivity index is 1.84. The van der Waals surface area contributed by atoms with E-state index >= 15 is 0 Å². The van der Waals surface area contributed by atoms with Crippen LogP contribution >= 0.6 is 11.6 Å². The molecule has 0 fully saturated rings. The minimum Gasteiger partial charge on any atom is -0.489 e. The summed E-state index contributed by atoms with van der Waals surface area (Å²) in [6, 6.07) is 20.7. The first-order valence-electron chi connectivity index (χ1n) is 11.7. The predicted octanol–water partition coefficient (Wildman–Crippen LogP) is 4.80. The number of amides is 1. The Morgan fingerprint density at radius 2 is 1.86 bits per heavy atom. The summed E-state index contributed by atoms with van der Waals surface area (Å²) in [5.74, 6) is -0.915. The van der Waals surface area contributed by atoms with Crippen molar-refractivity contribution in [3.05, 3.63) is 87.6 Å². The van der Waals surface area contributed by atoms with Crippen molar-refractivity contribution in [3.8, 4) is 24.0 Å². The molecule has 1 amide bonds. The van der Waals surface area contributed by atoms with Gasteiger partial charge in [-0.3, -0.25) is 0 Å². The van der Waals surface area contributed by atoms with E-state index in [2.05, 4.69) is 18.2 Å². The third-order valence-corrected chi connectivity index (χ3v) is 7.00. The van der Waals surface area contributed by atoms with Gasteiger partial charge in [-0.15, -0.1) is 0 Å². The second-order valence-electron chi connectivity index (χ2n) is 8.73. The van der Waals surface area contributed by atoms with Gasteiger partial charge in [0.15, 0.2) is 5.41 Å². The summed E-state index contributed by atoms with van der Waals surface area (Å²) in [5.41, 5.74) is 6.64. The fourth-order valence-electron chi connectivity index (χ4n) is 5.00. The quantitative estimate of drug-likeness (QED) is 0.606. The lowest BCUT2D eigenvalue weighted by Crippen LogP contribution is -2.49. The van der Waals surface area contributed by atoms with Crippen LogP contribution in [-0.4, -0.2) is 30.7 Å². The molecule has 2 aliphatic rings. The van der Waals surface area contributed by atoms with Gasteiger partial charge in [-0.2, -0.15) is 15.8 Å². The number of nitriles is 3. The third kappa shape index (κ3) is 4.58. The average Bonchev–Trinajstić information content (AvgIpc) is 2.92. The number of benzene rings is 2. The second kappa shape index (κ2) is 10.7. The van der Waals surface area contributed by atoms with Crippen LogP contribution in [0.4, 0.5) is 4.79 Å². The van der Waals surface area contributed by atoms with Gasteiger partial charge < -0.3 is 20.1 Å². The molecule has 2 aromatic carbocycles. The number of carbonyl (C=O) groups is 1. The summed E-state index contributed by atoms with van der Waals surface area (Å²) in [4.78, 5) is 14.1. The van der Waals surface area contributed by atoms with E-state index in [9.17, 15) is 20.6 Å². The molecule has 9 heteroatoms. The van der Waals surface area contributed by atoms with Gasteiger partial charge in [0.25, 0.3) is 0 Å². The molecule has 2 unspecified atom stereocenters. The minimum atomic E-state index is -1.86. The molecular weight excluding hydrogens is 490 g/mol. The van der Waals surface area contributed by atoms with Crippen LogP contribution in [0.2, 0.25) is 5.02 Å². The van der Waals surface area contributed by atoms with Crippen LogP contribution < -0.4 is 10.5 Å². The zero-order chi connectivity index (χ0) is 26.6. The van der Waals surface area contributed by atoms with Crippen molar-refractivity contribution in [2.75, 3.05) is 19.7 Å². The van der Waals surface area contributed by atoms with E-state index in [-0.39, 0.29) is 37.6 Å². The fraction of sp³-hybridized carbons (Fsp3) is 0.286. The topological polar surface area (TPSA) is 136 Å². The van der Waals surface area contributed by atoms with Crippen LogP contribution in [0.1, 0.15) is 24.0 Å². The average molecular weight is 514 g/mol. The molecule has 1 heterocycles. The van der Waals surface area contributed by atoms with Crippen molar-refractivity contribution < 1.29 is 14.3 Å². The summed E-state index contributed by atoms with van der Waals surface area (Å²) in [5, 5.41) is 31.3. The number of para-hydroxylation sites is 1. The molecule has 0 radical (unpaired) electrons. The standard InChI is InChI=1S/C28H24ClN5O3/c1-2-36-27(35)34-12-11-20-22(13-30)26(33)28(16-31,17-32)25(23(20)14-34)21-5-3-4-6-24(21)37-15-18-7-9-19(29)10-8-18/h3-11,23,25H,2,12,14-15,33H2,1H3. The van der Waals surface area contributed by atoms with Crippen molar-refractivity contribution in [1.29, 1.82) is 15.8 Å². The maximum atomic E-state index is 12.6. The maximum absolute atomic E-state index is 12.6. The van der Waals surface area contributed by atoms with Crippen molar-refractivity contribution >= 4 is 17.7 Å². The number of rotatable bonds is 5. The highest BCUT2D eigenvalue weighted by Crippen LogP contribution is 2.55. The van der Waals surface area contributed by atoms with Gasteiger partial charge in [0.1, 0.15) is 18.4 Å². The van der Waals surface area contributed by atoms with E-state index in [1.54, 1.807) is 49.4 Å². The Morgan fingerprint density at radius 1 is 1.16 bits per heavy atom. The molecule has 2 N–H and O–H groups in total. The van der Waals surface area contributed by atoms with Gasteiger partial charge in [0.05, 0.1) is 30.0 Å². The van der Waals surface area contributed by atoms with Crippen molar-refractivity contribution in [2.45, 2.75) is 19.4 Å². The molecular formula is C28H24ClN5O3. The molecule has 0 saturated heterocycles. The molecule has 0 aromatic heterocycles. The van der Waals surface area contributed by atoms with E-state index in [4.69, 9.17) is 26.8 Å². The number of nitrogens with two attached hydrogens (primary N) is 1. The molecule has 4 rings (SSSR count). The molecule has 8 nitrogen and oxygen atoms in total. The van der Waals surface area contributed by atoms with Gasteiger partial charge in [-0.25, -0.2) is 4.79 Å². The highest BCUT2D eigenvalue weighted by molar-refractivity contribution is 6.30. The smallest absolute Gasteiger partial charge is 0.410 e. The molecule has 0 spiro atoms. The molecule has 37 heavy (non-hydrogen) atoms. The molecule has 2 atom stereocenters. The number of carbonyl (C=O) groups excluding carboxylic acids is 1. The van der Waals surface area contributed by atoms with Crippen LogP contribution in [-0.2, 0) is 11.3 Å². The molecule has 1 aliphatic carbocycles. The summed E-state index contributed by atoms with van der Waals surface area (Å²) >= 11 is 5.99. The largest absolute Gasteiger partial charge is 0.489 e. The van der Waals surface area contributed by atoms with Crippen molar-refractivity contribution in [2.24, 2.45) is 17.1 Å². The number of fused-ring (bicyclic) bond motifs is 1. The Labute approximate surface area is 220 Å². The number of ether oxygens (including phenoxy) is 2. The molecule has 1 aliphatic heterocycles. The molecule has 0 bridgehead atoms. The van der Waals surface area contributed by atoms with Gasteiger partial charge in [-0.05, 0) is 36.3 Å². The monoisotopic (exact) mass is 513 g/mol.